The molecule has 2 heterocycles. The van der Waals surface area contributed by atoms with Crippen molar-refractivity contribution in [2.45, 2.75) is 13.3 Å². The Morgan fingerprint density at radius 2 is 2.40 bits per heavy atom. The fourth-order valence-electron chi connectivity index (χ4n) is 1.49. The molecule has 1 unspecified atom stereocenters. The molecule has 78 valence electrons. The van der Waals surface area contributed by atoms with E-state index in [9.17, 15) is 4.79 Å². The van der Waals surface area contributed by atoms with Crippen LogP contribution in [0.15, 0.2) is 18.6 Å². The standard InChI is InChI=1S/C10H11N3O2/c1-6(10(14)15)4-7-2-3-11-9-8(7)12-5-13-9/h2-3,5-6H,4H2,1H3,(H,14,15)(H,11,12,13). The van der Waals surface area contributed by atoms with Crippen molar-refractivity contribution in [1.29, 1.82) is 0 Å². The van der Waals surface area contributed by atoms with E-state index in [0.29, 0.717) is 12.1 Å². The molecule has 0 bridgehead atoms. The van der Waals surface area contributed by atoms with Gasteiger partial charge in [-0.2, -0.15) is 0 Å². The molecule has 1 atom stereocenters. The molecular weight excluding hydrogens is 194 g/mol. The zero-order chi connectivity index (χ0) is 10.8. The van der Waals surface area contributed by atoms with E-state index in [2.05, 4.69) is 15.0 Å². The molecule has 0 aliphatic carbocycles. The molecule has 0 saturated carbocycles. The first-order valence-electron chi connectivity index (χ1n) is 4.68. The summed E-state index contributed by atoms with van der Waals surface area (Å²) in [6.07, 6.45) is 3.69. The van der Waals surface area contributed by atoms with Crippen molar-refractivity contribution in [2.75, 3.05) is 0 Å². The van der Waals surface area contributed by atoms with Crippen molar-refractivity contribution in [3.8, 4) is 0 Å². The highest BCUT2D eigenvalue weighted by atomic mass is 16.4. The van der Waals surface area contributed by atoms with Gasteiger partial charge >= 0.3 is 5.97 Å². The number of H-pyrrole nitrogens is 1. The van der Waals surface area contributed by atoms with Gasteiger partial charge in [0.2, 0.25) is 0 Å². The molecule has 0 saturated heterocycles. The van der Waals surface area contributed by atoms with E-state index in [1.807, 2.05) is 6.07 Å². The minimum absolute atomic E-state index is 0.404. The first-order chi connectivity index (χ1) is 7.18. The quantitative estimate of drug-likeness (QED) is 0.789. The average Bonchev–Trinajstić information content (AvgIpc) is 2.66. The summed E-state index contributed by atoms with van der Waals surface area (Å²) < 4.78 is 0. The van der Waals surface area contributed by atoms with E-state index in [1.165, 1.54) is 0 Å². The van der Waals surface area contributed by atoms with E-state index in [0.717, 1.165) is 11.1 Å². The Morgan fingerprint density at radius 3 is 3.13 bits per heavy atom. The molecule has 0 spiro atoms. The topological polar surface area (TPSA) is 78.9 Å². The Kier molecular flexibility index (Phi) is 2.37. The minimum atomic E-state index is -0.792. The molecule has 2 aromatic heterocycles. The monoisotopic (exact) mass is 205 g/mol. The number of hydrogen-bond donors (Lipinski definition) is 2. The maximum Gasteiger partial charge on any atom is 0.306 e. The lowest BCUT2D eigenvalue weighted by molar-refractivity contribution is -0.141. The molecule has 0 radical (unpaired) electrons. The fraction of sp³-hybridized carbons (Fsp3) is 0.300. The number of nitrogens with one attached hydrogen (secondary N) is 1. The Bertz CT molecular complexity index is 492. The third-order valence-electron chi connectivity index (χ3n) is 2.36. The number of aliphatic carboxylic acids is 1. The van der Waals surface area contributed by atoms with E-state index in [1.54, 1.807) is 19.4 Å². The molecule has 0 fully saturated rings. The second-order valence-electron chi connectivity index (χ2n) is 3.51. The number of aromatic amines is 1. The summed E-state index contributed by atoms with van der Waals surface area (Å²) in [7, 11) is 0. The normalized spacial score (nSPS) is 12.9. The Balaban J connectivity index is 2.35. The molecule has 0 aromatic carbocycles. The van der Waals surface area contributed by atoms with Crippen molar-refractivity contribution >= 4 is 17.1 Å². The molecule has 0 aliphatic heterocycles. The maximum absolute atomic E-state index is 10.7. The van der Waals surface area contributed by atoms with Crippen LogP contribution in [0, 0.1) is 5.92 Å². The van der Waals surface area contributed by atoms with Crippen molar-refractivity contribution in [2.24, 2.45) is 5.92 Å². The number of hydrogen-bond acceptors (Lipinski definition) is 3. The van der Waals surface area contributed by atoms with Crippen LogP contribution < -0.4 is 0 Å². The summed E-state index contributed by atoms with van der Waals surface area (Å²) in [5.41, 5.74) is 2.39. The van der Waals surface area contributed by atoms with Crippen LogP contribution >= 0.6 is 0 Å². The van der Waals surface area contributed by atoms with Gasteiger partial charge in [0.15, 0.2) is 5.65 Å². The van der Waals surface area contributed by atoms with Gasteiger partial charge in [0.1, 0.15) is 0 Å². The van der Waals surface area contributed by atoms with Gasteiger partial charge in [-0.25, -0.2) is 9.97 Å². The second-order valence-corrected chi connectivity index (χ2v) is 3.51. The van der Waals surface area contributed by atoms with Crippen LogP contribution in [0.4, 0.5) is 0 Å². The average molecular weight is 205 g/mol. The highest BCUT2D eigenvalue weighted by Crippen LogP contribution is 2.16. The number of carboxylic acid groups (broad SMARTS) is 1. The number of nitrogens with zero attached hydrogens (tertiary/aromatic N) is 2. The van der Waals surface area contributed by atoms with Gasteiger partial charge in [0.25, 0.3) is 0 Å². The third kappa shape index (κ3) is 1.81. The van der Waals surface area contributed by atoms with Crippen LogP contribution in [-0.2, 0) is 11.2 Å². The Labute approximate surface area is 86.2 Å². The largest absolute Gasteiger partial charge is 0.481 e. The molecule has 15 heavy (non-hydrogen) atoms. The predicted octanol–water partition coefficient (Wildman–Crippen LogP) is 1.22. The maximum atomic E-state index is 10.7. The summed E-state index contributed by atoms with van der Waals surface area (Å²) in [5, 5.41) is 8.82. The number of fused-ring (bicyclic) bond motifs is 1. The highest BCUT2D eigenvalue weighted by Gasteiger charge is 2.14. The zero-order valence-corrected chi connectivity index (χ0v) is 8.27. The van der Waals surface area contributed by atoms with Crippen LogP contribution in [0.3, 0.4) is 0 Å². The Hall–Kier alpha value is -1.91. The lowest BCUT2D eigenvalue weighted by Crippen LogP contribution is -2.12. The number of pyridine rings is 1. The number of rotatable bonds is 3. The lowest BCUT2D eigenvalue weighted by atomic mass is 10.0. The zero-order valence-electron chi connectivity index (χ0n) is 8.27. The molecule has 2 rings (SSSR count). The van der Waals surface area contributed by atoms with Gasteiger partial charge < -0.3 is 10.1 Å². The number of aromatic nitrogens is 3. The van der Waals surface area contributed by atoms with Gasteiger partial charge in [0.05, 0.1) is 17.8 Å². The van der Waals surface area contributed by atoms with Crippen molar-refractivity contribution in [3.63, 3.8) is 0 Å². The van der Waals surface area contributed by atoms with Crippen LogP contribution in [-0.4, -0.2) is 26.0 Å². The van der Waals surface area contributed by atoms with Crippen LogP contribution in [0.5, 0.6) is 0 Å². The second kappa shape index (κ2) is 3.68. The molecule has 2 aromatic rings. The van der Waals surface area contributed by atoms with Crippen LogP contribution in [0.1, 0.15) is 12.5 Å². The van der Waals surface area contributed by atoms with E-state index in [-0.39, 0.29) is 0 Å². The van der Waals surface area contributed by atoms with E-state index >= 15 is 0 Å². The third-order valence-corrected chi connectivity index (χ3v) is 2.36. The van der Waals surface area contributed by atoms with E-state index < -0.39 is 11.9 Å². The molecule has 5 nitrogen and oxygen atoms in total. The molecule has 5 heteroatoms. The van der Waals surface area contributed by atoms with Crippen LogP contribution in [0.25, 0.3) is 11.2 Å². The number of imidazole rings is 1. The molecule has 2 N–H and O–H groups in total. The van der Waals surface area contributed by atoms with Gasteiger partial charge in [0, 0.05) is 6.20 Å². The molecular formula is C10H11N3O2. The minimum Gasteiger partial charge on any atom is -0.481 e. The molecule has 0 aliphatic rings. The first kappa shape index (κ1) is 9.64. The van der Waals surface area contributed by atoms with E-state index in [4.69, 9.17) is 5.11 Å². The van der Waals surface area contributed by atoms with Gasteiger partial charge in [-0.3, -0.25) is 4.79 Å². The number of carbonyl (C=O) groups is 1. The summed E-state index contributed by atoms with van der Waals surface area (Å²) >= 11 is 0. The summed E-state index contributed by atoms with van der Waals surface area (Å²) in [5.74, 6) is -1.20. The molecule has 0 amide bonds. The van der Waals surface area contributed by atoms with Crippen LogP contribution in [0.2, 0.25) is 0 Å². The van der Waals surface area contributed by atoms with Crippen molar-refractivity contribution in [1.82, 2.24) is 15.0 Å². The summed E-state index contributed by atoms with van der Waals surface area (Å²) in [6.45, 7) is 1.69. The predicted molar refractivity (Wildman–Crippen MR) is 54.4 cm³/mol. The summed E-state index contributed by atoms with van der Waals surface area (Å²) in [6, 6.07) is 1.82. The smallest absolute Gasteiger partial charge is 0.306 e. The lowest BCUT2D eigenvalue weighted by Gasteiger charge is -2.06. The number of carboxylic acids is 1. The SMILES string of the molecule is CC(Cc1ccnc2nc[nH]c12)C(=O)O. The van der Waals surface area contributed by atoms with Gasteiger partial charge in [-0.1, -0.05) is 6.92 Å². The fourth-order valence-corrected chi connectivity index (χ4v) is 1.49. The van der Waals surface area contributed by atoms with Crippen molar-refractivity contribution in [3.05, 3.63) is 24.2 Å². The highest BCUT2D eigenvalue weighted by molar-refractivity contribution is 5.76. The van der Waals surface area contributed by atoms with Crippen molar-refractivity contribution < 1.29 is 9.90 Å². The Morgan fingerprint density at radius 1 is 1.60 bits per heavy atom. The van der Waals surface area contributed by atoms with Gasteiger partial charge in [-0.15, -0.1) is 0 Å². The first-order valence-corrected chi connectivity index (χ1v) is 4.68. The summed E-state index contributed by atoms with van der Waals surface area (Å²) in [4.78, 5) is 21.8. The van der Waals surface area contributed by atoms with Gasteiger partial charge in [-0.05, 0) is 18.1 Å².